The molecule has 3 unspecified atom stereocenters. The maximum absolute atomic E-state index is 6.87. The molecule has 21 heavy (non-hydrogen) atoms. The molecule has 3 nitrogen and oxygen atoms in total. The molecule has 4 bridgehead atoms. The van der Waals surface area contributed by atoms with Gasteiger partial charge in [-0.15, -0.1) is 0 Å². The molecule has 4 aliphatic carbocycles. The van der Waals surface area contributed by atoms with Gasteiger partial charge < -0.3 is 5.73 Å². The Kier molecular flexibility index (Phi) is 2.81. The summed E-state index contributed by atoms with van der Waals surface area (Å²) in [5, 5.41) is 4.39. The molecule has 0 spiro atoms. The molecule has 4 fully saturated rings. The van der Waals surface area contributed by atoms with Gasteiger partial charge >= 0.3 is 0 Å². The van der Waals surface area contributed by atoms with Crippen LogP contribution in [0.1, 0.15) is 64.1 Å². The molecule has 0 amide bonds. The van der Waals surface area contributed by atoms with E-state index in [1.165, 1.54) is 44.2 Å². The first-order valence-corrected chi connectivity index (χ1v) is 8.97. The summed E-state index contributed by atoms with van der Waals surface area (Å²) in [7, 11) is 2.02. The van der Waals surface area contributed by atoms with E-state index in [4.69, 9.17) is 5.73 Å². The van der Waals surface area contributed by atoms with Gasteiger partial charge in [-0.2, -0.15) is 5.10 Å². The lowest BCUT2D eigenvalue weighted by molar-refractivity contribution is -0.155. The fourth-order valence-corrected chi connectivity index (χ4v) is 7.54. The smallest absolute Gasteiger partial charge is 0.0695 e. The van der Waals surface area contributed by atoms with Crippen molar-refractivity contribution < 1.29 is 0 Å². The number of halogens is 1. The van der Waals surface area contributed by atoms with Gasteiger partial charge in [-0.3, -0.25) is 4.68 Å². The fourth-order valence-electron chi connectivity index (χ4n) is 6.94. The third-order valence-electron chi connectivity index (χ3n) is 6.56. The molecule has 4 saturated carbocycles. The zero-order chi connectivity index (χ0) is 15.0. The molecule has 3 atom stereocenters. The molecular formula is C17H26BrN3. The Morgan fingerprint density at radius 1 is 1.24 bits per heavy atom. The molecule has 0 radical (unpaired) electrons. The van der Waals surface area contributed by atoms with E-state index in [-0.39, 0.29) is 11.5 Å². The average molecular weight is 352 g/mol. The van der Waals surface area contributed by atoms with Gasteiger partial charge in [0.2, 0.25) is 0 Å². The maximum atomic E-state index is 6.87. The first-order chi connectivity index (χ1) is 9.74. The Labute approximate surface area is 135 Å². The molecule has 0 aromatic carbocycles. The van der Waals surface area contributed by atoms with E-state index < -0.39 is 0 Å². The molecule has 0 saturated heterocycles. The summed E-state index contributed by atoms with van der Waals surface area (Å²) < 4.78 is 3.04. The van der Waals surface area contributed by atoms with Crippen LogP contribution in [0.5, 0.6) is 0 Å². The molecule has 4 heteroatoms. The van der Waals surface area contributed by atoms with E-state index in [1.54, 1.807) is 0 Å². The van der Waals surface area contributed by atoms with E-state index in [9.17, 15) is 0 Å². The maximum Gasteiger partial charge on any atom is 0.0695 e. The van der Waals surface area contributed by atoms with Gasteiger partial charge in [-0.25, -0.2) is 0 Å². The van der Waals surface area contributed by atoms with Crippen LogP contribution in [0.15, 0.2) is 10.7 Å². The van der Waals surface area contributed by atoms with Crippen molar-refractivity contribution in [3.05, 3.63) is 16.4 Å². The summed E-state index contributed by atoms with van der Waals surface area (Å²) >= 11 is 3.66. The van der Waals surface area contributed by atoms with Gasteiger partial charge in [-0.1, -0.05) is 13.8 Å². The van der Waals surface area contributed by atoms with Gasteiger partial charge in [0.05, 0.1) is 22.4 Å². The standard InChI is InChI=1S/C17H26BrN3/c1-15-4-11-5-16(2,8-15)10-17(6-11,9-15)14(19)13-12(18)7-20-21(13)3/h7,11,14H,4-6,8-10,19H2,1-3H3. The zero-order valence-corrected chi connectivity index (χ0v) is 14.9. The van der Waals surface area contributed by atoms with Crippen molar-refractivity contribution in [1.29, 1.82) is 0 Å². The topological polar surface area (TPSA) is 43.8 Å². The predicted molar refractivity (Wildman–Crippen MR) is 87.7 cm³/mol. The molecule has 2 N–H and O–H groups in total. The summed E-state index contributed by atoms with van der Waals surface area (Å²) in [5.74, 6) is 0.884. The van der Waals surface area contributed by atoms with Crippen molar-refractivity contribution in [2.45, 2.75) is 58.4 Å². The number of aromatic nitrogens is 2. The third-order valence-corrected chi connectivity index (χ3v) is 7.17. The minimum absolute atomic E-state index is 0.0985. The van der Waals surface area contributed by atoms with E-state index in [0.717, 1.165) is 10.4 Å². The first kappa shape index (κ1) is 14.3. The van der Waals surface area contributed by atoms with E-state index in [0.29, 0.717) is 10.8 Å². The van der Waals surface area contributed by atoms with Crippen LogP contribution < -0.4 is 5.73 Å². The summed E-state index contributed by atoms with van der Waals surface area (Å²) in [6, 6.07) is 0.0985. The quantitative estimate of drug-likeness (QED) is 0.868. The largest absolute Gasteiger partial charge is 0.322 e. The number of rotatable bonds is 2. The summed E-state index contributed by atoms with van der Waals surface area (Å²) in [6.45, 7) is 5.02. The molecule has 1 heterocycles. The Balaban J connectivity index is 1.77. The fraction of sp³-hybridized carbons (Fsp3) is 0.824. The lowest BCUT2D eigenvalue weighted by atomic mass is 9.39. The minimum Gasteiger partial charge on any atom is -0.322 e. The Hall–Kier alpha value is -0.350. The second kappa shape index (κ2) is 4.14. The van der Waals surface area contributed by atoms with Crippen LogP contribution in [0.25, 0.3) is 0 Å². The SMILES string of the molecule is Cn1ncc(Br)c1C(N)C12CC3CC(C)(CC(C)(C3)C1)C2. The van der Waals surface area contributed by atoms with E-state index >= 15 is 0 Å². The van der Waals surface area contributed by atoms with Crippen molar-refractivity contribution >= 4 is 15.9 Å². The molecular weight excluding hydrogens is 326 g/mol. The van der Waals surface area contributed by atoms with Crippen molar-refractivity contribution in [3.8, 4) is 0 Å². The van der Waals surface area contributed by atoms with Gasteiger partial charge in [0.25, 0.3) is 0 Å². The van der Waals surface area contributed by atoms with E-state index in [1.807, 2.05) is 17.9 Å². The van der Waals surface area contributed by atoms with Gasteiger partial charge in [0.1, 0.15) is 0 Å². The van der Waals surface area contributed by atoms with Crippen molar-refractivity contribution in [2.75, 3.05) is 0 Å². The monoisotopic (exact) mass is 351 g/mol. The summed E-state index contributed by atoms with van der Waals surface area (Å²) in [6.07, 6.45) is 10.0. The van der Waals surface area contributed by atoms with Gasteiger partial charge in [-0.05, 0) is 76.6 Å². The van der Waals surface area contributed by atoms with Crippen LogP contribution >= 0.6 is 15.9 Å². The highest BCUT2D eigenvalue weighted by molar-refractivity contribution is 9.10. The molecule has 5 rings (SSSR count). The average Bonchev–Trinajstić information content (AvgIpc) is 2.63. The van der Waals surface area contributed by atoms with Gasteiger partial charge in [0.15, 0.2) is 0 Å². The van der Waals surface area contributed by atoms with Crippen LogP contribution in [-0.4, -0.2) is 9.78 Å². The van der Waals surface area contributed by atoms with Crippen LogP contribution in [0.3, 0.4) is 0 Å². The molecule has 4 aliphatic rings. The number of nitrogens with two attached hydrogens (primary N) is 1. The molecule has 1 aromatic heterocycles. The Morgan fingerprint density at radius 2 is 1.86 bits per heavy atom. The highest BCUT2D eigenvalue weighted by Gasteiger charge is 2.62. The van der Waals surface area contributed by atoms with E-state index in [2.05, 4.69) is 34.9 Å². The molecule has 0 aliphatic heterocycles. The number of hydrogen-bond donors (Lipinski definition) is 1. The number of hydrogen-bond acceptors (Lipinski definition) is 2. The van der Waals surface area contributed by atoms with Crippen molar-refractivity contribution in [1.82, 2.24) is 9.78 Å². The highest BCUT2D eigenvalue weighted by atomic mass is 79.9. The summed E-state index contributed by atoms with van der Waals surface area (Å²) in [4.78, 5) is 0. The Morgan fingerprint density at radius 3 is 2.33 bits per heavy atom. The van der Waals surface area contributed by atoms with Crippen LogP contribution in [0.4, 0.5) is 0 Å². The number of aryl methyl sites for hydroxylation is 1. The highest BCUT2D eigenvalue weighted by Crippen LogP contribution is 2.71. The zero-order valence-electron chi connectivity index (χ0n) is 13.3. The van der Waals surface area contributed by atoms with Crippen LogP contribution in [0.2, 0.25) is 0 Å². The van der Waals surface area contributed by atoms with Crippen molar-refractivity contribution in [3.63, 3.8) is 0 Å². The minimum atomic E-state index is 0.0985. The number of nitrogens with zero attached hydrogens (tertiary/aromatic N) is 2. The second-order valence-corrected chi connectivity index (χ2v) is 9.83. The van der Waals surface area contributed by atoms with Crippen LogP contribution in [0, 0.1) is 22.2 Å². The lowest BCUT2D eigenvalue weighted by Gasteiger charge is -2.66. The molecule has 116 valence electrons. The Bertz CT molecular complexity index is 555. The van der Waals surface area contributed by atoms with Crippen LogP contribution in [-0.2, 0) is 7.05 Å². The normalized spacial score (nSPS) is 46.0. The predicted octanol–water partition coefficient (Wildman–Crippen LogP) is 4.18. The third kappa shape index (κ3) is 1.98. The summed E-state index contributed by atoms with van der Waals surface area (Å²) in [5.41, 5.74) is 9.35. The molecule has 1 aromatic rings. The van der Waals surface area contributed by atoms with Crippen molar-refractivity contribution in [2.24, 2.45) is 34.9 Å². The van der Waals surface area contributed by atoms with Gasteiger partial charge in [0, 0.05) is 7.05 Å². The lowest BCUT2D eigenvalue weighted by Crippen LogP contribution is -2.58. The first-order valence-electron chi connectivity index (χ1n) is 8.17. The second-order valence-electron chi connectivity index (χ2n) is 8.97.